The lowest BCUT2D eigenvalue weighted by molar-refractivity contribution is -0.123. The van der Waals surface area contributed by atoms with Gasteiger partial charge in [0.05, 0.1) is 13.2 Å². The Labute approximate surface area is 115 Å². The predicted molar refractivity (Wildman–Crippen MR) is 69.2 cm³/mol. The maximum Gasteiger partial charge on any atom is 0.256 e. The molecule has 1 aromatic rings. The van der Waals surface area contributed by atoms with Gasteiger partial charge in [-0.1, -0.05) is 6.07 Å². The third kappa shape index (κ3) is 2.62. The van der Waals surface area contributed by atoms with Crippen LogP contribution in [0.25, 0.3) is 0 Å². The Morgan fingerprint density at radius 3 is 2.75 bits per heavy atom. The van der Waals surface area contributed by atoms with Crippen LogP contribution in [0.3, 0.4) is 0 Å². The summed E-state index contributed by atoms with van der Waals surface area (Å²) in [4.78, 5) is 16.1. The van der Waals surface area contributed by atoms with Crippen LogP contribution in [0.15, 0.2) is 23.2 Å². The van der Waals surface area contributed by atoms with Crippen LogP contribution in [0, 0.1) is 11.6 Å². The summed E-state index contributed by atoms with van der Waals surface area (Å²) in [6.07, 6.45) is 0. The number of carbonyl (C=O) groups excluding carboxylic acids is 1. The average molecular weight is 283 g/mol. The van der Waals surface area contributed by atoms with Crippen molar-refractivity contribution in [3.05, 3.63) is 35.4 Å². The van der Waals surface area contributed by atoms with Crippen molar-refractivity contribution in [2.45, 2.75) is 12.5 Å². The number of nitrogens with zero attached hydrogens (tertiary/aromatic N) is 1. The molecule has 1 unspecified atom stereocenters. The molecule has 1 aliphatic rings. The fraction of sp³-hybridized carbons (Fsp3) is 0.385. The van der Waals surface area contributed by atoms with Crippen molar-refractivity contribution < 1.29 is 18.3 Å². The van der Waals surface area contributed by atoms with Crippen LogP contribution in [0.4, 0.5) is 8.78 Å². The van der Waals surface area contributed by atoms with E-state index < -0.39 is 17.2 Å². The molecule has 0 aliphatic carbocycles. The summed E-state index contributed by atoms with van der Waals surface area (Å²) in [7, 11) is 1.55. The second-order valence-electron chi connectivity index (χ2n) is 4.56. The van der Waals surface area contributed by atoms with Crippen LogP contribution >= 0.6 is 0 Å². The highest BCUT2D eigenvalue weighted by molar-refractivity contribution is 6.09. The highest BCUT2D eigenvalue weighted by Gasteiger charge is 2.42. The van der Waals surface area contributed by atoms with E-state index in [4.69, 9.17) is 4.74 Å². The number of amides is 1. The molecule has 1 aromatic carbocycles. The van der Waals surface area contributed by atoms with Crippen LogP contribution in [0.1, 0.15) is 12.5 Å². The molecular weight excluding hydrogens is 268 g/mol. The van der Waals surface area contributed by atoms with Crippen LogP contribution in [-0.2, 0) is 15.1 Å². The number of methoxy groups -OCH3 is 1. The first kappa shape index (κ1) is 14.4. The van der Waals surface area contributed by atoms with E-state index in [0.717, 1.165) is 12.1 Å². The maximum atomic E-state index is 13.3. The lowest BCUT2D eigenvalue weighted by Gasteiger charge is -2.21. The first-order valence-corrected chi connectivity index (χ1v) is 6.06. The van der Waals surface area contributed by atoms with Crippen molar-refractivity contribution in [2.24, 2.45) is 4.99 Å². The summed E-state index contributed by atoms with van der Waals surface area (Å²) in [6.45, 7) is 2.38. The summed E-state index contributed by atoms with van der Waals surface area (Å²) < 4.78 is 31.1. The minimum atomic E-state index is -1.18. The Hall–Kier alpha value is -2.02. The van der Waals surface area contributed by atoms with Gasteiger partial charge in [-0.25, -0.2) is 8.78 Å². The molecule has 1 saturated heterocycles. The third-order valence-corrected chi connectivity index (χ3v) is 3.12. The van der Waals surface area contributed by atoms with Gasteiger partial charge in [-0.15, -0.1) is 0 Å². The minimum Gasteiger partial charge on any atom is -0.383 e. The molecule has 1 fully saturated rings. The normalized spacial score (nSPS) is 23.8. The van der Waals surface area contributed by atoms with Gasteiger partial charge in [0, 0.05) is 7.11 Å². The molecule has 5 nitrogen and oxygen atoms in total. The second kappa shape index (κ2) is 5.54. The lowest BCUT2D eigenvalue weighted by Crippen LogP contribution is -2.40. The van der Waals surface area contributed by atoms with Crippen LogP contribution in [-0.4, -0.2) is 32.1 Å². The van der Waals surface area contributed by atoms with E-state index in [-0.39, 0.29) is 5.91 Å². The van der Waals surface area contributed by atoms with E-state index in [9.17, 15) is 13.6 Å². The number of aliphatic imine (C=N–C) groups is 1. The number of halogens is 2. The van der Waals surface area contributed by atoms with Crippen molar-refractivity contribution in [1.29, 1.82) is 0 Å². The van der Waals surface area contributed by atoms with Crippen LogP contribution < -0.4 is 10.6 Å². The van der Waals surface area contributed by atoms with E-state index in [1.165, 1.54) is 6.07 Å². The first-order chi connectivity index (χ1) is 9.47. The van der Waals surface area contributed by atoms with Gasteiger partial charge in [-0.05, 0) is 24.6 Å². The summed E-state index contributed by atoms with van der Waals surface area (Å²) in [5.74, 6) is -2.04. The Balaban J connectivity index is 2.24. The number of benzene rings is 1. The van der Waals surface area contributed by atoms with E-state index in [0.29, 0.717) is 24.7 Å². The highest BCUT2D eigenvalue weighted by Crippen LogP contribution is 2.25. The van der Waals surface area contributed by atoms with Crippen molar-refractivity contribution in [2.75, 3.05) is 20.3 Å². The van der Waals surface area contributed by atoms with Gasteiger partial charge < -0.3 is 10.1 Å². The Morgan fingerprint density at radius 2 is 2.10 bits per heavy atom. The topological polar surface area (TPSA) is 62.7 Å². The molecule has 7 heteroatoms. The molecule has 1 amide bonds. The molecule has 20 heavy (non-hydrogen) atoms. The average Bonchev–Trinajstić information content (AvgIpc) is 2.70. The molecule has 0 bridgehead atoms. The van der Waals surface area contributed by atoms with E-state index in [1.807, 2.05) is 0 Å². The number of nitrogens with one attached hydrogen (secondary N) is 2. The minimum absolute atomic E-state index is 0.291. The largest absolute Gasteiger partial charge is 0.383 e. The van der Waals surface area contributed by atoms with Gasteiger partial charge in [0.25, 0.3) is 5.91 Å². The molecule has 1 atom stereocenters. The molecule has 1 heterocycles. The number of rotatable bonds is 4. The van der Waals surface area contributed by atoms with Gasteiger partial charge in [0.2, 0.25) is 0 Å². The number of hydrogen-bond donors (Lipinski definition) is 2. The smallest absolute Gasteiger partial charge is 0.256 e. The highest BCUT2D eigenvalue weighted by atomic mass is 19.2. The quantitative estimate of drug-likeness (QED) is 0.807. The molecule has 108 valence electrons. The van der Waals surface area contributed by atoms with Gasteiger partial charge in [0.1, 0.15) is 5.54 Å². The maximum absolute atomic E-state index is 13.3. The molecule has 0 spiro atoms. The van der Waals surface area contributed by atoms with Crippen molar-refractivity contribution in [3.8, 4) is 0 Å². The predicted octanol–water partition coefficient (Wildman–Crippen LogP) is 0.902. The van der Waals surface area contributed by atoms with Gasteiger partial charge in [0.15, 0.2) is 17.6 Å². The summed E-state index contributed by atoms with van der Waals surface area (Å²) in [6, 6.07) is 3.36. The van der Waals surface area contributed by atoms with Crippen LogP contribution in [0.5, 0.6) is 0 Å². The van der Waals surface area contributed by atoms with Crippen molar-refractivity contribution >= 4 is 11.9 Å². The monoisotopic (exact) mass is 283 g/mol. The van der Waals surface area contributed by atoms with Gasteiger partial charge >= 0.3 is 0 Å². The first-order valence-electron chi connectivity index (χ1n) is 6.06. The molecule has 1 aliphatic heterocycles. The second-order valence-corrected chi connectivity index (χ2v) is 4.56. The molecule has 0 aromatic heterocycles. The van der Waals surface area contributed by atoms with Crippen molar-refractivity contribution in [3.63, 3.8) is 0 Å². The number of hydrogen-bond acceptors (Lipinski definition) is 3. The van der Waals surface area contributed by atoms with E-state index in [2.05, 4.69) is 15.6 Å². The molecule has 2 rings (SSSR count). The fourth-order valence-corrected chi connectivity index (χ4v) is 1.90. The molecule has 0 saturated carbocycles. The van der Waals surface area contributed by atoms with E-state index in [1.54, 1.807) is 14.0 Å². The third-order valence-electron chi connectivity index (χ3n) is 3.12. The van der Waals surface area contributed by atoms with E-state index >= 15 is 0 Å². The zero-order valence-corrected chi connectivity index (χ0v) is 11.2. The van der Waals surface area contributed by atoms with Gasteiger partial charge in [-0.3, -0.25) is 15.1 Å². The number of ether oxygens (including phenoxy) is 1. The standard InChI is InChI=1S/C13H15F2N3O2/c1-13(8-3-4-9(14)10(15)7-8)11(19)17-12(18-13)16-5-6-20-2/h3-4,7H,5-6H2,1-2H3,(H2,16,17,18,19). The Bertz CT molecular complexity index is 563. The van der Waals surface area contributed by atoms with Gasteiger partial charge in [-0.2, -0.15) is 0 Å². The molecular formula is C13H15F2N3O2. The van der Waals surface area contributed by atoms with Crippen molar-refractivity contribution in [1.82, 2.24) is 10.6 Å². The molecule has 0 radical (unpaired) electrons. The zero-order chi connectivity index (χ0) is 14.8. The SMILES string of the molecule is COCCN=C1NC(=O)C(C)(c2ccc(F)c(F)c2)N1. The summed E-state index contributed by atoms with van der Waals surface area (Å²) >= 11 is 0. The summed E-state index contributed by atoms with van der Waals surface area (Å²) in [5.41, 5.74) is -0.855. The zero-order valence-electron chi connectivity index (χ0n) is 11.2. The fourth-order valence-electron chi connectivity index (χ4n) is 1.90. The molecule has 2 N–H and O–H groups in total. The lowest BCUT2D eigenvalue weighted by atomic mass is 9.92. The van der Waals surface area contributed by atoms with Crippen LogP contribution in [0.2, 0.25) is 0 Å². The Kier molecular flexibility index (Phi) is 3.99. The summed E-state index contributed by atoms with van der Waals surface area (Å²) in [5, 5.41) is 5.45. The Morgan fingerprint density at radius 1 is 1.35 bits per heavy atom. The number of carbonyl (C=O) groups is 1. The number of guanidine groups is 1.